The molecule has 1 atom stereocenters. The minimum absolute atomic E-state index is 0.275. The summed E-state index contributed by atoms with van der Waals surface area (Å²) in [5.41, 5.74) is 5.78. The number of aryl methyl sites for hydroxylation is 2. The number of amides is 1. The first-order valence-electron chi connectivity index (χ1n) is 10.1. The molecule has 0 aliphatic carbocycles. The van der Waals surface area contributed by atoms with Gasteiger partial charge < -0.3 is 4.90 Å². The fraction of sp³-hybridized carbons (Fsp3) is 0.333. The van der Waals surface area contributed by atoms with Crippen molar-refractivity contribution in [2.24, 2.45) is 0 Å². The van der Waals surface area contributed by atoms with Crippen molar-refractivity contribution in [2.75, 3.05) is 13.1 Å². The van der Waals surface area contributed by atoms with E-state index < -0.39 is 0 Å². The summed E-state index contributed by atoms with van der Waals surface area (Å²) in [4.78, 5) is 14.6. The van der Waals surface area contributed by atoms with Crippen molar-refractivity contribution in [3.05, 3.63) is 77.5 Å². The highest BCUT2D eigenvalue weighted by atomic mass is 16.2. The molecule has 1 amide bonds. The summed E-state index contributed by atoms with van der Waals surface area (Å²) in [6, 6.07) is 20.9. The SMILES string of the molecule is Cc1ccc(-c2cc([C@@H]3CCN(C(=O)CCCc4ccccc4)C3)[nH]n2)cc1. The number of aromatic nitrogens is 2. The molecule has 1 aliphatic heterocycles. The zero-order valence-electron chi connectivity index (χ0n) is 16.4. The van der Waals surface area contributed by atoms with Gasteiger partial charge in [0.15, 0.2) is 0 Å². The number of carbonyl (C=O) groups is 1. The Hall–Kier alpha value is -2.88. The third-order valence-corrected chi connectivity index (χ3v) is 5.62. The maximum atomic E-state index is 12.6. The van der Waals surface area contributed by atoms with Gasteiger partial charge in [-0.2, -0.15) is 5.10 Å². The summed E-state index contributed by atoms with van der Waals surface area (Å²) in [7, 11) is 0. The number of nitrogens with zero attached hydrogens (tertiary/aromatic N) is 2. The monoisotopic (exact) mass is 373 g/mol. The Labute approximate surface area is 166 Å². The van der Waals surface area contributed by atoms with Crippen molar-refractivity contribution in [1.82, 2.24) is 15.1 Å². The van der Waals surface area contributed by atoms with Crippen LogP contribution in [0.3, 0.4) is 0 Å². The molecule has 1 aromatic heterocycles. The Morgan fingerprint density at radius 1 is 1.14 bits per heavy atom. The lowest BCUT2D eigenvalue weighted by Crippen LogP contribution is -2.28. The average molecular weight is 374 g/mol. The molecule has 144 valence electrons. The number of hydrogen-bond acceptors (Lipinski definition) is 2. The van der Waals surface area contributed by atoms with Gasteiger partial charge in [-0.3, -0.25) is 9.89 Å². The maximum Gasteiger partial charge on any atom is 0.222 e. The highest BCUT2D eigenvalue weighted by molar-refractivity contribution is 5.76. The summed E-state index contributed by atoms with van der Waals surface area (Å²) in [6.07, 6.45) is 3.50. The van der Waals surface area contributed by atoms with Gasteiger partial charge in [0.2, 0.25) is 5.91 Å². The average Bonchev–Trinajstić information content (AvgIpc) is 3.39. The number of benzene rings is 2. The molecule has 1 saturated heterocycles. The molecule has 4 heteroatoms. The van der Waals surface area contributed by atoms with Gasteiger partial charge in [0.25, 0.3) is 0 Å². The molecular weight excluding hydrogens is 346 g/mol. The van der Waals surface area contributed by atoms with Gasteiger partial charge in [-0.05, 0) is 37.8 Å². The molecule has 1 N–H and O–H groups in total. The summed E-state index contributed by atoms with van der Waals surface area (Å²) in [5, 5.41) is 7.68. The summed E-state index contributed by atoms with van der Waals surface area (Å²) < 4.78 is 0. The molecular formula is C24H27N3O. The van der Waals surface area contributed by atoms with Crippen molar-refractivity contribution < 1.29 is 4.79 Å². The molecule has 0 saturated carbocycles. The lowest BCUT2D eigenvalue weighted by atomic mass is 10.0. The van der Waals surface area contributed by atoms with Gasteiger partial charge in [0, 0.05) is 36.7 Å². The Balaban J connectivity index is 1.30. The zero-order valence-corrected chi connectivity index (χ0v) is 16.4. The van der Waals surface area contributed by atoms with Crippen LogP contribution >= 0.6 is 0 Å². The number of carbonyl (C=O) groups excluding carboxylic acids is 1. The first-order valence-corrected chi connectivity index (χ1v) is 10.1. The Bertz CT molecular complexity index is 915. The molecule has 2 heterocycles. The predicted octanol–water partition coefficient (Wildman–Crippen LogP) is 4.72. The van der Waals surface area contributed by atoms with E-state index in [1.807, 2.05) is 11.0 Å². The van der Waals surface area contributed by atoms with E-state index in [4.69, 9.17) is 0 Å². The van der Waals surface area contributed by atoms with Crippen molar-refractivity contribution in [1.29, 1.82) is 0 Å². The molecule has 4 nitrogen and oxygen atoms in total. The highest BCUT2D eigenvalue weighted by Crippen LogP contribution is 2.29. The van der Waals surface area contributed by atoms with Crippen LogP contribution in [0.4, 0.5) is 0 Å². The van der Waals surface area contributed by atoms with Gasteiger partial charge in [0.1, 0.15) is 0 Å². The second-order valence-corrected chi connectivity index (χ2v) is 7.74. The van der Waals surface area contributed by atoms with E-state index in [0.717, 1.165) is 49.3 Å². The number of aromatic amines is 1. The van der Waals surface area contributed by atoms with Crippen LogP contribution in [-0.2, 0) is 11.2 Å². The second-order valence-electron chi connectivity index (χ2n) is 7.74. The topological polar surface area (TPSA) is 49.0 Å². The molecule has 3 aromatic rings. The molecule has 1 aliphatic rings. The van der Waals surface area contributed by atoms with Gasteiger partial charge in [0.05, 0.1) is 5.69 Å². The fourth-order valence-electron chi connectivity index (χ4n) is 3.91. The third kappa shape index (κ3) is 4.33. The Kier molecular flexibility index (Phi) is 5.56. The molecule has 1 fully saturated rings. The van der Waals surface area contributed by atoms with Crippen molar-refractivity contribution >= 4 is 5.91 Å². The maximum absolute atomic E-state index is 12.6. The van der Waals surface area contributed by atoms with Gasteiger partial charge in [-0.1, -0.05) is 60.2 Å². The second kappa shape index (κ2) is 8.42. The van der Waals surface area contributed by atoms with Crippen LogP contribution in [0.15, 0.2) is 60.7 Å². The van der Waals surface area contributed by atoms with Crippen LogP contribution in [0.25, 0.3) is 11.3 Å². The van der Waals surface area contributed by atoms with Gasteiger partial charge in [-0.25, -0.2) is 0 Å². The van der Waals surface area contributed by atoms with Gasteiger partial charge >= 0.3 is 0 Å². The molecule has 0 bridgehead atoms. The van der Waals surface area contributed by atoms with Crippen LogP contribution in [0.5, 0.6) is 0 Å². The van der Waals surface area contributed by atoms with E-state index in [1.165, 1.54) is 11.1 Å². The number of hydrogen-bond donors (Lipinski definition) is 1. The van der Waals surface area contributed by atoms with Crippen LogP contribution < -0.4 is 0 Å². The largest absolute Gasteiger partial charge is 0.342 e. The first kappa shape index (κ1) is 18.5. The van der Waals surface area contributed by atoms with Crippen molar-refractivity contribution in [3.8, 4) is 11.3 Å². The standard InChI is InChI=1S/C24H27N3O/c1-18-10-12-20(13-11-18)22-16-23(26-25-22)21-14-15-27(17-21)24(28)9-5-8-19-6-3-2-4-7-19/h2-4,6-7,10-13,16,21H,5,8-9,14-15,17H2,1H3,(H,25,26)/t21-/m1/s1. The summed E-state index contributed by atoms with van der Waals surface area (Å²) >= 11 is 0. The molecule has 0 spiro atoms. The summed E-state index contributed by atoms with van der Waals surface area (Å²) in [5.74, 6) is 0.626. The fourth-order valence-corrected chi connectivity index (χ4v) is 3.91. The normalized spacial score (nSPS) is 16.5. The molecule has 0 unspecified atom stereocenters. The van der Waals surface area contributed by atoms with Crippen LogP contribution in [-0.4, -0.2) is 34.1 Å². The molecule has 28 heavy (non-hydrogen) atoms. The highest BCUT2D eigenvalue weighted by Gasteiger charge is 2.28. The minimum Gasteiger partial charge on any atom is -0.342 e. The molecule has 4 rings (SSSR count). The smallest absolute Gasteiger partial charge is 0.222 e. The van der Waals surface area contributed by atoms with E-state index in [9.17, 15) is 4.79 Å². The molecule has 0 radical (unpaired) electrons. The van der Waals surface area contributed by atoms with Crippen molar-refractivity contribution in [2.45, 2.75) is 38.5 Å². The van der Waals surface area contributed by atoms with Gasteiger partial charge in [-0.15, -0.1) is 0 Å². The van der Waals surface area contributed by atoms with E-state index in [2.05, 4.69) is 71.7 Å². The van der Waals surface area contributed by atoms with E-state index in [0.29, 0.717) is 12.3 Å². The minimum atomic E-state index is 0.275. The number of likely N-dealkylation sites (tertiary alicyclic amines) is 1. The quantitative estimate of drug-likeness (QED) is 0.679. The Morgan fingerprint density at radius 2 is 1.93 bits per heavy atom. The van der Waals surface area contributed by atoms with Crippen LogP contribution in [0.1, 0.15) is 42.0 Å². The third-order valence-electron chi connectivity index (χ3n) is 5.62. The number of rotatable bonds is 6. The van der Waals surface area contributed by atoms with E-state index in [-0.39, 0.29) is 5.91 Å². The Morgan fingerprint density at radius 3 is 2.71 bits per heavy atom. The van der Waals surface area contributed by atoms with Crippen LogP contribution in [0.2, 0.25) is 0 Å². The lowest BCUT2D eigenvalue weighted by molar-refractivity contribution is -0.130. The molecule has 2 aromatic carbocycles. The van der Waals surface area contributed by atoms with Crippen LogP contribution in [0, 0.1) is 6.92 Å². The lowest BCUT2D eigenvalue weighted by Gasteiger charge is -2.16. The number of nitrogens with one attached hydrogen (secondary N) is 1. The van der Waals surface area contributed by atoms with E-state index >= 15 is 0 Å². The van der Waals surface area contributed by atoms with Crippen molar-refractivity contribution in [3.63, 3.8) is 0 Å². The zero-order chi connectivity index (χ0) is 19.3. The van der Waals surface area contributed by atoms with E-state index in [1.54, 1.807) is 0 Å². The summed E-state index contributed by atoms with van der Waals surface area (Å²) in [6.45, 7) is 3.72. The number of H-pyrrole nitrogens is 1. The first-order chi connectivity index (χ1) is 13.7. The predicted molar refractivity (Wildman–Crippen MR) is 112 cm³/mol.